The molecule has 1 aliphatic rings. The first-order valence-electron chi connectivity index (χ1n) is 6.16. The molecule has 0 unspecified atom stereocenters. The van der Waals surface area contributed by atoms with Crippen LogP contribution in [0.2, 0.25) is 0 Å². The van der Waals surface area contributed by atoms with E-state index in [1.54, 1.807) is 0 Å². The molecule has 0 bridgehead atoms. The van der Waals surface area contributed by atoms with Crippen molar-refractivity contribution in [2.75, 3.05) is 6.54 Å². The van der Waals surface area contributed by atoms with E-state index < -0.39 is 0 Å². The minimum atomic E-state index is -0.306. The van der Waals surface area contributed by atoms with Gasteiger partial charge < -0.3 is 10.4 Å². The maximum Gasteiger partial charge on any atom is 0.186 e. The zero-order valence-electron chi connectivity index (χ0n) is 10.8. The second-order valence-corrected chi connectivity index (χ2v) is 4.90. The van der Waals surface area contributed by atoms with E-state index >= 15 is 0 Å². The molecular weight excluding hydrogens is 265 g/mol. The third-order valence-electron chi connectivity index (χ3n) is 3.08. The average Bonchev–Trinajstić information content (AvgIpc) is 2.70. The highest BCUT2D eigenvalue weighted by atomic mass is 32.1. The number of nitrogens with one attached hydrogen (secondary N) is 2. The van der Waals surface area contributed by atoms with Crippen LogP contribution in [0, 0.1) is 5.82 Å². The monoisotopic (exact) mass is 281 g/mol. The zero-order valence-corrected chi connectivity index (χ0v) is 11.6. The number of phenols is 1. The Morgan fingerprint density at radius 1 is 1.58 bits per heavy atom. The van der Waals surface area contributed by atoms with E-state index in [1.807, 2.05) is 13.8 Å². The largest absolute Gasteiger partial charge is 0.507 e. The molecule has 0 aromatic heterocycles. The first-order chi connectivity index (χ1) is 9.04. The Morgan fingerprint density at radius 3 is 3.00 bits per heavy atom. The standard InChI is InChI=1S/C13H16FN3OS/c1-3-15-13(19)17-16-9-6-7(2)11-8(14)4-5-10(18)12(9)11/h4-5,7,18H,3,6H2,1-2H3,(H2,15,17,19)/b16-9+/t7-/m0/s1. The van der Waals surface area contributed by atoms with E-state index in [-0.39, 0.29) is 17.5 Å². The van der Waals surface area contributed by atoms with Crippen LogP contribution in [-0.2, 0) is 0 Å². The summed E-state index contributed by atoms with van der Waals surface area (Å²) in [4.78, 5) is 0. The molecule has 102 valence electrons. The summed E-state index contributed by atoms with van der Waals surface area (Å²) in [6.45, 7) is 4.53. The van der Waals surface area contributed by atoms with Gasteiger partial charge in [-0.2, -0.15) is 5.10 Å². The summed E-state index contributed by atoms with van der Waals surface area (Å²) < 4.78 is 13.8. The number of hydrogen-bond acceptors (Lipinski definition) is 3. The minimum absolute atomic E-state index is 0.00430. The summed E-state index contributed by atoms with van der Waals surface area (Å²) in [5.41, 5.74) is 4.34. The van der Waals surface area contributed by atoms with Gasteiger partial charge >= 0.3 is 0 Å². The smallest absolute Gasteiger partial charge is 0.186 e. The van der Waals surface area contributed by atoms with Crippen LogP contribution in [0.25, 0.3) is 0 Å². The molecule has 1 aromatic rings. The lowest BCUT2D eigenvalue weighted by Crippen LogP contribution is -2.32. The van der Waals surface area contributed by atoms with Gasteiger partial charge in [0, 0.05) is 17.7 Å². The van der Waals surface area contributed by atoms with Gasteiger partial charge in [-0.3, -0.25) is 5.43 Å². The summed E-state index contributed by atoms with van der Waals surface area (Å²) >= 11 is 5.01. The number of benzene rings is 1. The SMILES string of the molecule is CCNC(=S)N/N=C1\C[C@H](C)c2c(F)ccc(O)c21. The third-order valence-corrected chi connectivity index (χ3v) is 3.32. The lowest BCUT2D eigenvalue weighted by atomic mass is 10.0. The first kappa shape index (κ1) is 13.7. The number of phenolic OH excluding ortho intramolecular Hbond substituents is 1. The Labute approximate surface area is 116 Å². The number of aromatic hydroxyl groups is 1. The second-order valence-electron chi connectivity index (χ2n) is 4.49. The number of hydrazone groups is 1. The van der Waals surface area contributed by atoms with E-state index in [4.69, 9.17) is 12.2 Å². The van der Waals surface area contributed by atoms with E-state index in [0.717, 1.165) is 0 Å². The molecule has 0 saturated carbocycles. The zero-order chi connectivity index (χ0) is 14.0. The molecule has 0 amide bonds. The predicted octanol–water partition coefficient (Wildman–Crippen LogP) is 2.23. The molecule has 3 N–H and O–H groups in total. The van der Waals surface area contributed by atoms with Gasteiger partial charge in [0.1, 0.15) is 11.6 Å². The highest BCUT2D eigenvalue weighted by Gasteiger charge is 2.30. The van der Waals surface area contributed by atoms with Crippen LogP contribution in [0.1, 0.15) is 37.3 Å². The van der Waals surface area contributed by atoms with Gasteiger partial charge in [-0.05, 0) is 43.6 Å². The van der Waals surface area contributed by atoms with Crippen molar-refractivity contribution in [2.24, 2.45) is 5.10 Å². The summed E-state index contributed by atoms with van der Waals surface area (Å²) in [7, 11) is 0. The topological polar surface area (TPSA) is 56.7 Å². The first-order valence-corrected chi connectivity index (χ1v) is 6.57. The van der Waals surface area contributed by atoms with Gasteiger partial charge in [0.05, 0.1) is 5.71 Å². The van der Waals surface area contributed by atoms with Crippen molar-refractivity contribution in [1.29, 1.82) is 0 Å². The van der Waals surface area contributed by atoms with E-state index in [9.17, 15) is 9.50 Å². The highest BCUT2D eigenvalue weighted by Crippen LogP contribution is 2.39. The van der Waals surface area contributed by atoms with E-state index in [1.165, 1.54) is 12.1 Å². The van der Waals surface area contributed by atoms with Crippen LogP contribution in [-0.4, -0.2) is 22.5 Å². The van der Waals surface area contributed by atoms with Gasteiger partial charge in [-0.1, -0.05) is 6.92 Å². The van der Waals surface area contributed by atoms with Gasteiger partial charge in [0.2, 0.25) is 0 Å². The van der Waals surface area contributed by atoms with Crippen LogP contribution < -0.4 is 10.7 Å². The quantitative estimate of drug-likeness (QED) is 0.575. The number of nitrogens with zero attached hydrogens (tertiary/aromatic N) is 1. The minimum Gasteiger partial charge on any atom is -0.507 e. The summed E-state index contributed by atoms with van der Waals surface area (Å²) in [6, 6.07) is 2.63. The summed E-state index contributed by atoms with van der Waals surface area (Å²) in [6.07, 6.45) is 0.575. The van der Waals surface area contributed by atoms with E-state index in [0.29, 0.717) is 34.9 Å². The molecule has 6 heteroatoms. The van der Waals surface area contributed by atoms with Crippen LogP contribution in [0.4, 0.5) is 4.39 Å². The molecule has 0 aliphatic heterocycles. The molecule has 1 aliphatic carbocycles. The van der Waals surface area contributed by atoms with Gasteiger partial charge in [0.25, 0.3) is 0 Å². The van der Waals surface area contributed by atoms with Crippen LogP contribution in [0.15, 0.2) is 17.2 Å². The molecule has 0 spiro atoms. The Bertz CT molecular complexity index is 545. The molecule has 0 heterocycles. The van der Waals surface area contributed by atoms with Gasteiger partial charge in [0.15, 0.2) is 5.11 Å². The van der Waals surface area contributed by atoms with Gasteiger partial charge in [-0.25, -0.2) is 4.39 Å². The molecule has 0 saturated heterocycles. The average molecular weight is 281 g/mol. The molecule has 1 atom stereocenters. The summed E-state index contributed by atoms with van der Waals surface area (Å²) in [5, 5.41) is 17.4. The van der Waals surface area contributed by atoms with E-state index in [2.05, 4.69) is 15.8 Å². The van der Waals surface area contributed by atoms with Crippen LogP contribution in [0.5, 0.6) is 5.75 Å². The predicted molar refractivity (Wildman–Crippen MR) is 77.0 cm³/mol. The molecule has 1 aromatic carbocycles. The number of thiocarbonyl (C=S) groups is 1. The molecular formula is C13H16FN3OS. The van der Waals surface area contributed by atoms with Crippen molar-refractivity contribution in [3.63, 3.8) is 0 Å². The molecule has 2 rings (SSSR count). The Balaban J connectivity index is 2.31. The fourth-order valence-corrected chi connectivity index (χ4v) is 2.47. The van der Waals surface area contributed by atoms with Crippen molar-refractivity contribution in [3.8, 4) is 5.75 Å². The summed E-state index contributed by atoms with van der Waals surface area (Å²) in [5.74, 6) is -0.259. The van der Waals surface area contributed by atoms with Crippen molar-refractivity contribution in [3.05, 3.63) is 29.1 Å². The number of hydrogen-bond donors (Lipinski definition) is 3. The molecule has 0 radical (unpaired) electrons. The van der Waals surface area contributed by atoms with Crippen molar-refractivity contribution in [1.82, 2.24) is 10.7 Å². The Kier molecular flexibility index (Phi) is 3.99. The maximum absolute atomic E-state index is 13.8. The Hall–Kier alpha value is -1.69. The second kappa shape index (κ2) is 5.52. The van der Waals surface area contributed by atoms with Crippen molar-refractivity contribution < 1.29 is 9.50 Å². The van der Waals surface area contributed by atoms with Crippen LogP contribution >= 0.6 is 12.2 Å². The fourth-order valence-electron chi connectivity index (χ4n) is 2.28. The maximum atomic E-state index is 13.8. The van der Waals surface area contributed by atoms with Gasteiger partial charge in [-0.15, -0.1) is 0 Å². The molecule has 4 nitrogen and oxygen atoms in total. The normalized spacial score (nSPS) is 19.3. The Morgan fingerprint density at radius 2 is 2.32 bits per heavy atom. The van der Waals surface area contributed by atoms with Crippen molar-refractivity contribution >= 4 is 23.0 Å². The van der Waals surface area contributed by atoms with Crippen LogP contribution in [0.3, 0.4) is 0 Å². The fraction of sp³-hybridized carbons (Fsp3) is 0.385. The van der Waals surface area contributed by atoms with Crippen molar-refractivity contribution in [2.45, 2.75) is 26.2 Å². The number of halogens is 1. The molecule has 0 fully saturated rings. The number of fused-ring (bicyclic) bond motifs is 1. The third kappa shape index (κ3) is 2.68. The lowest BCUT2D eigenvalue weighted by Gasteiger charge is -2.07. The highest BCUT2D eigenvalue weighted by molar-refractivity contribution is 7.80. The lowest BCUT2D eigenvalue weighted by molar-refractivity contribution is 0.470. The number of rotatable bonds is 2. The molecule has 19 heavy (non-hydrogen) atoms.